The van der Waals surface area contributed by atoms with Gasteiger partial charge in [0, 0.05) is 55.6 Å². The first-order chi connectivity index (χ1) is 14.8. The Hall–Kier alpha value is -1.92. The molecule has 31 heavy (non-hydrogen) atoms. The van der Waals surface area contributed by atoms with Gasteiger partial charge in [0.05, 0.1) is 12.3 Å². The Morgan fingerprint density at radius 3 is 2.65 bits per heavy atom. The molecule has 5 rings (SSSR count). The van der Waals surface area contributed by atoms with Gasteiger partial charge < -0.3 is 10.5 Å². The van der Waals surface area contributed by atoms with Gasteiger partial charge in [0.15, 0.2) is 0 Å². The number of aromatic nitrogens is 2. The van der Waals surface area contributed by atoms with E-state index in [0.717, 1.165) is 46.4 Å². The summed E-state index contributed by atoms with van der Waals surface area (Å²) in [4.78, 5) is 2.14. The number of halogens is 2. The second kappa shape index (κ2) is 7.89. The normalized spacial score (nSPS) is 27.6. The van der Waals surface area contributed by atoms with Gasteiger partial charge in [0.1, 0.15) is 17.7 Å². The molecule has 3 atom stereocenters. The molecule has 4 heterocycles. The number of hydrogen-bond donors (Lipinski definition) is 1. The summed E-state index contributed by atoms with van der Waals surface area (Å²) in [6, 6.07) is 2.79. The minimum absolute atomic E-state index is 0.0132. The Morgan fingerprint density at radius 2 is 1.94 bits per heavy atom. The Bertz CT molecular complexity index is 1060. The molecule has 168 valence electrons. The molecular formula is C20H25F2N5O3S. The molecule has 0 unspecified atom stereocenters. The molecule has 0 aliphatic carbocycles. The van der Waals surface area contributed by atoms with Crippen molar-refractivity contribution in [2.24, 2.45) is 5.73 Å². The largest absolute Gasteiger partial charge is 0.370 e. The molecule has 2 saturated heterocycles. The molecule has 0 saturated carbocycles. The zero-order valence-corrected chi connectivity index (χ0v) is 17.8. The summed E-state index contributed by atoms with van der Waals surface area (Å²) in [5.74, 6) is -1.06. The van der Waals surface area contributed by atoms with Crippen molar-refractivity contribution in [2.45, 2.75) is 50.5 Å². The van der Waals surface area contributed by atoms with E-state index in [1.165, 1.54) is 4.31 Å². The third-order valence-electron chi connectivity index (χ3n) is 6.39. The number of ether oxygens (including phenoxy) is 1. The number of rotatable bonds is 4. The second-order valence-corrected chi connectivity index (χ2v) is 10.3. The van der Waals surface area contributed by atoms with Crippen molar-refractivity contribution in [1.82, 2.24) is 18.4 Å². The molecule has 1 aromatic carbocycles. The maximum atomic E-state index is 14.1. The molecule has 0 radical (unpaired) electrons. The fraction of sp³-hybridized carbons (Fsp3) is 0.550. The van der Waals surface area contributed by atoms with Crippen LogP contribution in [0, 0.1) is 11.6 Å². The molecular weight excluding hydrogens is 428 g/mol. The molecule has 1 aromatic heterocycles. The van der Waals surface area contributed by atoms with E-state index >= 15 is 0 Å². The topological polar surface area (TPSA) is 93.7 Å². The molecule has 0 spiro atoms. The van der Waals surface area contributed by atoms with Crippen molar-refractivity contribution in [3.05, 3.63) is 52.9 Å². The quantitative estimate of drug-likeness (QED) is 0.755. The van der Waals surface area contributed by atoms with E-state index in [0.29, 0.717) is 39.2 Å². The molecule has 2 aromatic rings. The summed E-state index contributed by atoms with van der Waals surface area (Å²) in [5.41, 5.74) is 8.01. The smallest absolute Gasteiger partial charge is 0.322 e. The Balaban J connectivity index is 1.25. The van der Waals surface area contributed by atoms with Crippen LogP contribution in [0.15, 0.2) is 24.4 Å². The SMILES string of the molecule is N[C@H]1C[C@@H](N2Cc3cn(S(=O)(=O)N4CCCC4)nc3C2)CO[C@@H]1c1cc(F)ccc1F. The van der Waals surface area contributed by atoms with E-state index in [9.17, 15) is 17.2 Å². The van der Waals surface area contributed by atoms with Gasteiger partial charge in [-0.2, -0.15) is 21.9 Å². The van der Waals surface area contributed by atoms with Crippen LogP contribution in [0.4, 0.5) is 8.78 Å². The molecule has 2 fully saturated rings. The van der Waals surface area contributed by atoms with E-state index < -0.39 is 34.0 Å². The predicted molar refractivity (Wildman–Crippen MR) is 108 cm³/mol. The standard InChI is InChI=1S/C20H25F2N5O3S/c21-14-3-4-17(22)16(7-14)20-18(23)8-15(12-30-20)25-9-13-10-27(24-19(13)11-25)31(28,29)26-5-1-2-6-26/h3-4,7,10,15,18,20H,1-2,5-6,8-9,11-12,23H2/t15-,18+,20-/m1/s1. The molecule has 2 N–H and O–H groups in total. The lowest BCUT2D eigenvalue weighted by Gasteiger charge is -2.38. The lowest BCUT2D eigenvalue weighted by molar-refractivity contribution is -0.0533. The average molecular weight is 454 g/mol. The van der Waals surface area contributed by atoms with Crippen LogP contribution < -0.4 is 5.73 Å². The first kappa shape index (κ1) is 21.0. The van der Waals surface area contributed by atoms with Gasteiger partial charge in [-0.15, -0.1) is 0 Å². The Morgan fingerprint density at radius 1 is 1.16 bits per heavy atom. The van der Waals surface area contributed by atoms with E-state index in [1.807, 2.05) is 0 Å². The monoisotopic (exact) mass is 453 g/mol. The lowest BCUT2D eigenvalue weighted by atomic mass is 9.93. The fourth-order valence-corrected chi connectivity index (χ4v) is 6.14. The van der Waals surface area contributed by atoms with E-state index in [2.05, 4.69) is 10.00 Å². The van der Waals surface area contributed by atoms with Crippen LogP contribution in [-0.4, -0.2) is 58.6 Å². The van der Waals surface area contributed by atoms with Crippen molar-refractivity contribution < 1.29 is 21.9 Å². The maximum Gasteiger partial charge on any atom is 0.322 e. The van der Waals surface area contributed by atoms with Crippen LogP contribution >= 0.6 is 0 Å². The van der Waals surface area contributed by atoms with Gasteiger partial charge >= 0.3 is 10.2 Å². The van der Waals surface area contributed by atoms with Crippen LogP contribution in [0.1, 0.15) is 42.2 Å². The van der Waals surface area contributed by atoms with Crippen molar-refractivity contribution in [3.8, 4) is 0 Å². The lowest BCUT2D eigenvalue weighted by Crippen LogP contribution is -2.47. The maximum absolute atomic E-state index is 14.1. The van der Waals surface area contributed by atoms with Gasteiger partial charge in [-0.3, -0.25) is 4.90 Å². The molecule has 8 nitrogen and oxygen atoms in total. The highest BCUT2D eigenvalue weighted by Gasteiger charge is 2.38. The minimum Gasteiger partial charge on any atom is -0.370 e. The summed E-state index contributed by atoms with van der Waals surface area (Å²) < 4.78 is 61.5. The van der Waals surface area contributed by atoms with Crippen molar-refractivity contribution in [1.29, 1.82) is 0 Å². The van der Waals surface area contributed by atoms with Gasteiger partial charge in [-0.1, -0.05) is 0 Å². The van der Waals surface area contributed by atoms with E-state index in [1.54, 1.807) is 6.20 Å². The molecule has 3 aliphatic rings. The Kier molecular flexibility index (Phi) is 5.33. The number of fused-ring (bicyclic) bond motifs is 1. The molecule has 0 amide bonds. The highest BCUT2D eigenvalue weighted by molar-refractivity contribution is 7.87. The number of nitrogens with zero attached hydrogens (tertiary/aromatic N) is 4. The van der Waals surface area contributed by atoms with Gasteiger partial charge in [0.25, 0.3) is 0 Å². The molecule has 11 heteroatoms. The van der Waals surface area contributed by atoms with Gasteiger partial charge in [-0.25, -0.2) is 8.78 Å². The van der Waals surface area contributed by atoms with Crippen LogP contribution in [-0.2, 0) is 28.0 Å². The van der Waals surface area contributed by atoms with Gasteiger partial charge in [0.2, 0.25) is 0 Å². The van der Waals surface area contributed by atoms with Crippen LogP contribution in [0.25, 0.3) is 0 Å². The van der Waals surface area contributed by atoms with Crippen LogP contribution in [0.3, 0.4) is 0 Å². The molecule has 3 aliphatic heterocycles. The third-order valence-corrected chi connectivity index (χ3v) is 8.07. The van der Waals surface area contributed by atoms with Crippen LogP contribution in [0.2, 0.25) is 0 Å². The second-order valence-electron chi connectivity index (χ2n) is 8.47. The Labute approximate surface area is 179 Å². The van der Waals surface area contributed by atoms with Gasteiger partial charge in [-0.05, 0) is 37.5 Å². The summed E-state index contributed by atoms with van der Waals surface area (Å²) >= 11 is 0. The first-order valence-corrected chi connectivity index (χ1v) is 11.9. The summed E-state index contributed by atoms with van der Waals surface area (Å²) in [5, 5.41) is 4.34. The van der Waals surface area contributed by atoms with E-state index in [4.69, 9.17) is 10.5 Å². The predicted octanol–water partition coefficient (Wildman–Crippen LogP) is 1.52. The number of nitrogens with two attached hydrogens (primary N) is 1. The zero-order chi connectivity index (χ0) is 21.8. The molecule has 0 bridgehead atoms. The number of benzene rings is 1. The van der Waals surface area contributed by atoms with Crippen molar-refractivity contribution >= 4 is 10.2 Å². The van der Waals surface area contributed by atoms with Crippen LogP contribution in [0.5, 0.6) is 0 Å². The third kappa shape index (κ3) is 3.78. The minimum atomic E-state index is -3.60. The summed E-state index contributed by atoms with van der Waals surface area (Å²) in [6.07, 6.45) is 3.19. The highest BCUT2D eigenvalue weighted by atomic mass is 32.2. The highest BCUT2D eigenvalue weighted by Crippen LogP contribution is 2.34. The van der Waals surface area contributed by atoms with Crippen molar-refractivity contribution in [2.75, 3.05) is 19.7 Å². The number of hydrogen-bond acceptors (Lipinski definition) is 6. The first-order valence-electron chi connectivity index (χ1n) is 10.5. The zero-order valence-electron chi connectivity index (χ0n) is 17.0. The average Bonchev–Trinajstić information content (AvgIpc) is 3.46. The fourth-order valence-electron chi connectivity index (χ4n) is 4.72. The summed E-state index contributed by atoms with van der Waals surface area (Å²) in [7, 11) is -3.60. The van der Waals surface area contributed by atoms with Crippen molar-refractivity contribution in [3.63, 3.8) is 0 Å². The summed E-state index contributed by atoms with van der Waals surface area (Å²) in [6.45, 7) is 2.43. The van der Waals surface area contributed by atoms with E-state index in [-0.39, 0.29) is 11.6 Å².